The van der Waals surface area contributed by atoms with Gasteiger partial charge in [0.15, 0.2) is 0 Å². The molecule has 0 heterocycles. The van der Waals surface area contributed by atoms with Crippen LogP contribution in [0.1, 0.15) is 19.8 Å². The van der Waals surface area contributed by atoms with Crippen LogP contribution in [0.2, 0.25) is 0 Å². The van der Waals surface area contributed by atoms with E-state index in [9.17, 15) is 29.4 Å². The molecule has 0 aromatic heterocycles. The van der Waals surface area contributed by atoms with Gasteiger partial charge in [0.1, 0.15) is 0 Å². The first kappa shape index (κ1) is 31.6. The molecule has 0 aliphatic carbocycles. The van der Waals surface area contributed by atoms with Crippen LogP contribution in [-0.2, 0) is 13.9 Å². The summed E-state index contributed by atoms with van der Waals surface area (Å²) in [6.07, 6.45) is -0.937. The molecule has 1 unspecified atom stereocenters. The molecule has 0 aromatic rings. The van der Waals surface area contributed by atoms with Gasteiger partial charge in [-0.1, -0.05) is 0 Å². The van der Waals surface area contributed by atoms with Gasteiger partial charge in [0.05, 0.1) is 20.0 Å². The SMILES string of the molecule is CC(O)(CCOP(=O)([O-])[O-])CC(=O)[O-].O.[Li+].[Li+].[Li+]. The molecular formula is C6H12Li3O8P. The van der Waals surface area contributed by atoms with Gasteiger partial charge in [-0.3, -0.25) is 0 Å². The average molecular weight is 264 g/mol. The Bertz CT molecular complexity index is 255. The normalized spacial score (nSPS) is 12.7. The number of carboxylic acid groups (broad SMARTS) is 1. The Morgan fingerprint density at radius 2 is 1.72 bits per heavy atom. The van der Waals surface area contributed by atoms with Gasteiger partial charge in [-0.15, -0.1) is 0 Å². The molecule has 0 bridgehead atoms. The van der Waals surface area contributed by atoms with Crippen LogP contribution in [0.3, 0.4) is 0 Å². The number of rotatable bonds is 6. The minimum atomic E-state index is -5.06. The zero-order valence-corrected chi connectivity index (χ0v) is 11.9. The number of hydrogen-bond acceptors (Lipinski definition) is 7. The van der Waals surface area contributed by atoms with Gasteiger partial charge in [0.2, 0.25) is 0 Å². The quantitative estimate of drug-likeness (QED) is 0.367. The molecule has 0 radical (unpaired) electrons. The first-order valence-electron chi connectivity index (χ1n) is 3.71. The second kappa shape index (κ2) is 13.3. The van der Waals surface area contributed by atoms with Crippen molar-refractivity contribution < 1.29 is 95.9 Å². The predicted molar refractivity (Wildman–Crippen MR) is 42.0 cm³/mol. The van der Waals surface area contributed by atoms with Gasteiger partial charge in [-0.05, 0) is 13.3 Å². The molecule has 0 aliphatic heterocycles. The molecule has 0 amide bonds. The van der Waals surface area contributed by atoms with Crippen LogP contribution in [0.5, 0.6) is 0 Å². The van der Waals surface area contributed by atoms with Crippen LogP contribution in [0.15, 0.2) is 0 Å². The molecule has 92 valence electrons. The number of phosphoric ester groups is 1. The molecule has 1 atom stereocenters. The third-order valence-corrected chi connectivity index (χ3v) is 1.91. The Morgan fingerprint density at radius 1 is 1.33 bits per heavy atom. The van der Waals surface area contributed by atoms with Crippen LogP contribution >= 0.6 is 7.82 Å². The number of carboxylic acids is 1. The molecule has 0 fully saturated rings. The van der Waals surface area contributed by atoms with Crippen molar-refractivity contribution in [2.75, 3.05) is 6.61 Å². The summed E-state index contributed by atoms with van der Waals surface area (Å²) in [4.78, 5) is 30.0. The Hall–Kier alpha value is 1.29. The number of carbonyl (C=O) groups excluding carboxylic acids is 1. The summed E-state index contributed by atoms with van der Waals surface area (Å²) >= 11 is 0. The first-order valence-corrected chi connectivity index (χ1v) is 5.17. The van der Waals surface area contributed by atoms with Gasteiger partial charge in [0, 0.05) is 12.4 Å². The van der Waals surface area contributed by atoms with E-state index in [1.54, 1.807) is 0 Å². The molecule has 18 heavy (non-hydrogen) atoms. The second-order valence-electron chi connectivity index (χ2n) is 3.08. The second-order valence-corrected chi connectivity index (χ2v) is 4.23. The van der Waals surface area contributed by atoms with Crippen LogP contribution in [-0.4, -0.2) is 28.8 Å². The summed E-state index contributed by atoms with van der Waals surface area (Å²) in [7, 11) is -5.06. The van der Waals surface area contributed by atoms with E-state index in [-0.39, 0.29) is 68.5 Å². The van der Waals surface area contributed by atoms with Crippen molar-refractivity contribution in [3.8, 4) is 0 Å². The molecule has 0 aromatic carbocycles. The minimum Gasteiger partial charge on any atom is -0.790 e. The number of hydrogen-bond donors (Lipinski definition) is 1. The summed E-state index contributed by atoms with van der Waals surface area (Å²) < 4.78 is 13.8. The van der Waals surface area contributed by atoms with Gasteiger partial charge >= 0.3 is 56.6 Å². The summed E-state index contributed by atoms with van der Waals surface area (Å²) in [6.45, 7) is 0.622. The number of aliphatic hydroxyl groups is 1. The molecule has 0 rings (SSSR count). The Morgan fingerprint density at radius 3 is 2.00 bits per heavy atom. The molecule has 0 spiro atoms. The number of aliphatic carboxylic acids is 1. The van der Waals surface area contributed by atoms with E-state index in [0.717, 1.165) is 0 Å². The zero-order chi connectivity index (χ0) is 11.4. The molecule has 3 N–H and O–H groups in total. The Kier molecular flexibility index (Phi) is 23.3. The fourth-order valence-electron chi connectivity index (χ4n) is 0.777. The fraction of sp³-hybridized carbons (Fsp3) is 0.833. The van der Waals surface area contributed by atoms with E-state index in [2.05, 4.69) is 4.52 Å². The molecule has 0 aliphatic rings. The smallest absolute Gasteiger partial charge is 0.790 e. The van der Waals surface area contributed by atoms with Crippen LogP contribution in [0.4, 0.5) is 0 Å². The van der Waals surface area contributed by atoms with Crippen molar-refractivity contribution in [2.45, 2.75) is 25.4 Å². The minimum absolute atomic E-state index is 0. The van der Waals surface area contributed by atoms with Crippen molar-refractivity contribution in [2.24, 2.45) is 0 Å². The van der Waals surface area contributed by atoms with Crippen LogP contribution < -0.4 is 71.5 Å². The molecule has 0 saturated carbocycles. The van der Waals surface area contributed by atoms with Crippen LogP contribution in [0, 0.1) is 0 Å². The number of phosphoric acid groups is 1. The Balaban J connectivity index is -0.000000141. The van der Waals surface area contributed by atoms with Gasteiger partial charge < -0.3 is 39.4 Å². The zero-order valence-electron chi connectivity index (χ0n) is 11.0. The molecule has 12 heteroatoms. The maximum atomic E-state index is 10.1. The van der Waals surface area contributed by atoms with Crippen LogP contribution in [0.25, 0.3) is 0 Å². The van der Waals surface area contributed by atoms with Crippen molar-refractivity contribution in [1.82, 2.24) is 0 Å². The van der Waals surface area contributed by atoms with Gasteiger partial charge in [-0.2, -0.15) is 0 Å². The molecular weight excluding hydrogens is 252 g/mol. The molecule has 8 nitrogen and oxygen atoms in total. The van der Waals surface area contributed by atoms with Gasteiger partial charge in [0.25, 0.3) is 0 Å². The van der Waals surface area contributed by atoms with Crippen molar-refractivity contribution >= 4 is 13.8 Å². The maximum Gasteiger partial charge on any atom is 1.00 e. The largest absolute Gasteiger partial charge is 1.00 e. The van der Waals surface area contributed by atoms with Crippen molar-refractivity contribution in [3.05, 3.63) is 0 Å². The summed E-state index contributed by atoms with van der Waals surface area (Å²) in [5, 5.41) is 19.4. The van der Waals surface area contributed by atoms with E-state index >= 15 is 0 Å². The monoisotopic (exact) mass is 264 g/mol. The van der Waals surface area contributed by atoms with Crippen molar-refractivity contribution in [1.29, 1.82) is 0 Å². The average Bonchev–Trinajstić information content (AvgIpc) is 1.78. The third kappa shape index (κ3) is 22.5. The van der Waals surface area contributed by atoms with E-state index in [1.165, 1.54) is 6.92 Å². The maximum absolute atomic E-state index is 10.1. The standard InChI is InChI=1S/C6H13O7P.3Li.H2O/c1-6(9,4-5(7)8)2-3-13-14(10,11)12;;;;/h9H,2-4H2,1H3,(H,7,8)(H2,10,11,12);;;;1H2/q;3*+1;/p-3. The van der Waals surface area contributed by atoms with E-state index < -0.39 is 32.4 Å². The third-order valence-electron chi connectivity index (χ3n) is 1.42. The fourth-order valence-corrected chi connectivity index (χ4v) is 1.09. The summed E-state index contributed by atoms with van der Waals surface area (Å²) in [5.74, 6) is -1.47. The molecule has 0 saturated heterocycles. The van der Waals surface area contributed by atoms with E-state index in [4.69, 9.17) is 0 Å². The first-order chi connectivity index (χ1) is 6.12. The van der Waals surface area contributed by atoms with Crippen molar-refractivity contribution in [3.63, 3.8) is 0 Å². The topological polar surface area (TPSA) is 164 Å². The number of carbonyl (C=O) groups is 1. The summed E-state index contributed by atoms with van der Waals surface area (Å²) in [5.41, 5.74) is -1.64. The van der Waals surface area contributed by atoms with E-state index in [1.807, 2.05) is 0 Å². The Labute approximate surface area is 141 Å². The van der Waals surface area contributed by atoms with Gasteiger partial charge in [-0.25, -0.2) is 0 Å². The predicted octanol–water partition coefficient (Wildman–Crippen LogP) is -12.7. The summed E-state index contributed by atoms with van der Waals surface area (Å²) in [6, 6.07) is 0. The van der Waals surface area contributed by atoms with E-state index in [0.29, 0.717) is 0 Å².